The predicted molar refractivity (Wildman–Crippen MR) is 84.4 cm³/mol. The molecule has 5 nitrogen and oxygen atoms in total. The zero-order valence-electron chi connectivity index (χ0n) is 13.3. The van der Waals surface area contributed by atoms with Crippen LogP contribution in [0.4, 0.5) is 0 Å². The number of aromatic nitrogens is 3. The minimum atomic E-state index is -0.0809. The lowest BCUT2D eigenvalue weighted by Crippen LogP contribution is -2.32. The lowest BCUT2D eigenvalue weighted by molar-refractivity contribution is 0.429. The van der Waals surface area contributed by atoms with Crippen molar-refractivity contribution in [2.24, 2.45) is 7.05 Å². The molecule has 1 aromatic carbocycles. The van der Waals surface area contributed by atoms with Crippen molar-refractivity contribution in [3.63, 3.8) is 0 Å². The Labute approximate surface area is 125 Å². The first kappa shape index (κ1) is 15.5. The summed E-state index contributed by atoms with van der Waals surface area (Å²) in [6, 6.07) is 6.60. The third-order valence-corrected chi connectivity index (χ3v) is 3.53. The standard InChI is InChI=1S/C16H24N4O/c1-5-6-17-15(10-20-16(21)19(4)11-18-20)14-8-12(2)7-13(3)9-14/h7-9,11,15,17H,5-6,10H2,1-4H3. The third-order valence-electron chi connectivity index (χ3n) is 3.53. The molecule has 0 bridgehead atoms. The molecule has 0 aliphatic heterocycles. The predicted octanol–water partition coefficient (Wildman–Crippen LogP) is 1.94. The Balaban J connectivity index is 2.29. The summed E-state index contributed by atoms with van der Waals surface area (Å²) < 4.78 is 3.02. The van der Waals surface area contributed by atoms with E-state index >= 15 is 0 Å². The zero-order valence-corrected chi connectivity index (χ0v) is 13.3. The van der Waals surface area contributed by atoms with E-state index in [1.165, 1.54) is 25.9 Å². The van der Waals surface area contributed by atoms with Gasteiger partial charge in [0, 0.05) is 7.05 Å². The Bertz CT molecular complexity index is 636. The molecule has 0 saturated carbocycles. The van der Waals surface area contributed by atoms with Gasteiger partial charge < -0.3 is 5.32 Å². The zero-order chi connectivity index (χ0) is 15.4. The molecule has 1 atom stereocenters. The molecule has 2 aromatic rings. The fraction of sp³-hybridized carbons (Fsp3) is 0.500. The lowest BCUT2D eigenvalue weighted by Gasteiger charge is -2.19. The highest BCUT2D eigenvalue weighted by Gasteiger charge is 2.14. The number of hydrogen-bond acceptors (Lipinski definition) is 3. The lowest BCUT2D eigenvalue weighted by atomic mass is 10.0. The molecule has 0 fully saturated rings. The average Bonchev–Trinajstić information content (AvgIpc) is 2.74. The molecule has 0 saturated heterocycles. The van der Waals surface area contributed by atoms with Crippen LogP contribution in [0.2, 0.25) is 0 Å². The van der Waals surface area contributed by atoms with Crippen molar-refractivity contribution >= 4 is 0 Å². The van der Waals surface area contributed by atoms with Crippen LogP contribution >= 0.6 is 0 Å². The van der Waals surface area contributed by atoms with Gasteiger partial charge in [-0.05, 0) is 32.4 Å². The number of benzene rings is 1. The van der Waals surface area contributed by atoms with Crippen LogP contribution in [0, 0.1) is 13.8 Å². The monoisotopic (exact) mass is 288 g/mol. The maximum atomic E-state index is 12.0. The number of rotatable bonds is 6. The molecular weight excluding hydrogens is 264 g/mol. The van der Waals surface area contributed by atoms with Crippen molar-refractivity contribution in [1.29, 1.82) is 0 Å². The highest BCUT2D eigenvalue weighted by atomic mass is 16.2. The molecule has 5 heteroatoms. The summed E-state index contributed by atoms with van der Waals surface area (Å²) >= 11 is 0. The van der Waals surface area contributed by atoms with E-state index < -0.39 is 0 Å². The number of nitrogens with one attached hydrogen (secondary N) is 1. The molecule has 1 heterocycles. The molecule has 2 rings (SSSR count). The van der Waals surface area contributed by atoms with E-state index in [-0.39, 0.29) is 11.7 Å². The summed E-state index contributed by atoms with van der Waals surface area (Å²) in [6.45, 7) is 7.79. The molecule has 0 radical (unpaired) electrons. The fourth-order valence-corrected chi connectivity index (χ4v) is 2.54. The molecular formula is C16H24N4O. The van der Waals surface area contributed by atoms with Crippen LogP contribution in [0.25, 0.3) is 0 Å². The maximum Gasteiger partial charge on any atom is 0.345 e. The highest BCUT2D eigenvalue weighted by Crippen LogP contribution is 2.18. The normalized spacial score (nSPS) is 12.6. The molecule has 114 valence electrons. The van der Waals surface area contributed by atoms with Gasteiger partial charge in [-0.25, -0.2) is 9.48 Å². The summed E-state index contributed by atoms with van der Waals surface area (Å²) in [4.78, 5) is 12.0. The van der Waals surface area contributed by atoms with Gasteiger partial charge in [-0.2, -0.15) is 5.10 Å². The first-order valence-electron chi connectivity index (χ1n) is 7.41. The van der Waals surface area contributed by atoms with E-state index in [0.717, 1.165) is 13.0 Å². The van der Waals surface area contributed by atoms with E-state index in [1.807, 2.05) is 0 Å². The summed E-state index contributed by atoms with van der Waals surface area (Å²) in [5, 5.41) is 7.68. The van der Waals surface area contributed by atoms with E-state index in [4.69, 9.17) is 0 Å². The van der Waals surface area contributed by atoms with Crippen molar-refractivity contribution in [2.75, 3.05) is 6.54 Å². The fourth-order valence-electron chi connectivity index (χ4n) is 2.54. The first-order valence-corrected chi connectivity index (χ1v) is 7.41. The van der Waals surface area contributed by atoms with Crippen molar-refractivity contribution in [1.82, 2.24) is 19.7 Å². The van der Waals surface area contributed by atoms with Crippen LogP contribution < -0.4 is 11.0 Å². The number of aryl methyl sites for hydroxylation is 3. The largest absolute Gasteiger partial charge is 0.345 e. The van der Waals surface area contributed by atoms with Crippen LogP contribution in [-0.4, -0.2) is 20.9 Å². The van der Waals surface area contributed by atoms with Crippen LogP contribution in [0.15, 0.2) is 29.3 Å². The quantitative estimate of drug-likeness (QED) is 0.884. The topological polar surface area (TPSA) is 51.9 Å². The van der Waals surface area contributed by atoms with E-state index in [9.17, 15) is 4.79 Å². The van der Waals surface area contributed by atoms with Crippen molar-refractivity contribution in [3.05, 3.63) is 51.7 Å². The average molecular weight is 288 g/mol. The van der Waals surface area contributed by atoms with Gasteiger partial charge in [-0.3, -0.25) is 4.57 Å². The first-order chi connectivity index (χ1) is 10.0. The second kappa shape index (κ2) is 6.72. The van der Waals surface area contributed by atoms with E-state index in [0.29, 0.717) is 6.54 Å². The molecule has 0 aliphatic carbocycles. The molecule has 0 aliphatic rings. The Morgan fingerprint density at radius 1 is 1.24 bits per heavy atom. The minimum absolute atomic E-state index is 0.0809. The summed E-state index contributed by atoms with van der Waals surface area (Å²) in [5.41, 5.74) is 3.60. The van der Waals surface area contributed by atoms with Crippen LogP contribution in [0.1, 0.15) is 36.1 Å². The Hall–Kier alpha value is -1.88. The number of nitrogens with zero attached hydrogens (tertiary/aromatic N) is 3. The van der Waals surface area contributed by atoms with Gasteiger partial charge in [0.15, 0.2) is 0 Å². The van der Waals surface area contributed by atoms with Crippen molar-refractivity contribution in [2.45, 2.75) is 39.8 Å². The smallest absolute Gasteiger partial charge is 0.308 e. The van der Waals surface area contributed by atoms with Crippen LogP contribution in [0.3, 0.4) is 0 Å². The van der Waals surface area contributed by atoms with Crippen LogP contribution in [0.5, 0.6) is 0 Å². The Morgan fingerprint density at radius 2 is 1.90 bits per heavy atom. The Morgan fingerprint density at radius 3 is 2.43 bits per heavy atom. The van der Waals surface area contributed by atoms with Gasteiger partial charge in [0.25, 0.3) is 0 Å². The van der Waals surface area contributed by atoms with E-state index in [2.05, 4.69) is 49.4 Å². The number of hydrogen-bond donors (Lipinski definition) is 1. The van der Waals surface area contributed by atoms with Gasteiger partial charge in [-0.1, -0.05) is 36.2 Å². The molecule has 21 heavy (non-hydrogen) atoms. The van der Waals surface area contributed by atoms with Gasteiger partial charge >= 0.3 is 5.69 Å². The Kier molecular flexibility index (Phi) is 4.96. The molecule has 1 N–H and O–H groups in total. The van der Waals surface area contributed by atoms with Crippen LogP contribution in [-0.2, 0) is 13.6 Å². The van der Waals surface area contributed by atoms with Gasteiger partial charge in [0.1, 0.15) is 6.33 Å². The highest BCUT2D eigenvalue weighted by molar-refractivity contribution is 5.30. The molecule has 1 unspecified atom stereocenters. The van der Waals surface area contributed by atoms with Crippen molar-refractivity contribution < 1.29 is 0 Å². The van der Waals surface area contributed by atoms with Gasteiger partial charge in [-0.15, -0.1) is 0 Å². The molecule has 0 spiro atoms. The third kappa shape index (κ3) is 3.82. The summed E-state index contributed by atoms with van der Waals surface area (Å²) in [5.74, 6) is 0. The summed E-state index contributed by atoms with van der Waals surface area (Å²) in [6.07, 6.45) is 2.61. The molecule has 1 aromatic heterocycles. The maximum absolute atomic E-state index is 12.0. The SMILES string of the molecule is CCCNC(Cn1ncn(C)c1=O)c1cc(C)cc(C)c1. The van der Waals surface area contributed by atoms with Crippen molar-refractivity contribution in [3.8, 4) is 0 Å². The van der Waals surface area contributed by atoms with E-state index in [1.54, 1.807) is 13.4 Å². The molecule has 0 amide bonds. The summed E-state index contributed by atoms with van der Waals surface area (Å²) in [7, 11) is 1.72. The van der Waals surface area contributed by atoms with Gasteiger partial charge in [0.2, 0.25) is 0 Å². The minimum Gasteiger partial charge on any atom is -0.308 e. The second-order valence-electron chi connectivity index (χ2n) is 5.63. The van der Waals surface area contributed by atoms with Gasteiger partial charge in [0.05, 0.1) is 12.6 Å². The second-order valence-corrected chi connectivity index (χ2v) is 5.63.